The quantitative estimate of drug-likeness (QED) is 0.483. The van der Waals surface area contributed by atoms with Crippen LogP contribution < -0.4 is 9.62 Å². The van der Waals surface area contributed by atoms with E-state index in [9.17, 15) is 13.2 Å². The number of amides is 1. The number of anilines is 2. The largest absolute Gasteiger partial charge is 0.324 e. The lowest BCUT2D eigenvalue weighted by molar-refractivity contribution is -0.114. The van der Waals surface area contributed by atoms with Gasteiger partial charge in [-0.3, -0.25) is 9.10 Å². The molecule has 1 N–H and O–H groups in total. The van der Waals surface area contributed by atoms with Gasteiger partial charge in [0.15, 0.2) is 0 Å². The van der Waals surface area contributed by atoms with Crippen LogP contribution in [0.2, 0.25) is 0 Å². The van der Waals surface area contributed by atoms with E-state index in [0.29, 0.717) is 16.8 Å². The normalized spacial score (nSPS) is 13.4. The van der Waals surface area contributed by atoms with E-state index in [-0.39, 0.29) is 11.4 Å². The lowest BCUT2D eigenvalue weighted by Crippen LogP contribution is -2.35. The maximum absolute atomic E-state index is 13.1. The number of benzene rings is 4. The molecule has 0 saturated carbocycles. The van der Waals surface area contributed by atoms with Crippen molar-refractivity contribution >= 4 is 38.1 Å². The van der Waals surface area contributed by atoms with Gasteiger partial charge in [-0.2, -0.15) is 0 Å². The van der Waals surface area contributed by atoms with Gasteiger partial charge in [0, 0.05) is 22.2 Å². The summed E-state index contributed by atoms with van der Waals surface area (Å²) in [4.78, 5) is 13.0. The van der Waals surface area contributed by atoms with E-state index in [2.05, 4.69) is 17.2 Å². The summed E-state index contributed by atoms with van der Waals surface area (Å²) in [7, 11) is -3.78. The molecule has 1 heterocycles. The second-order valence-corrected chi connectivity index (χ2v) is 9.22. The lowest BCUT2D eigenvalue weighted by Gasteiger charge is -2.18. The van der Waals surface area contributed by atoms with E-state index in [1.807, 2.05) is 48.5 Å². The molecule has 0 radical (unpaired) electrons. The number of carbonyl (C=O) groups is 1. The summed E-state index contributed by atoms with van der Waals surface area (Å²) in [6, 6.07) is 27.3. The first-order chi connectivity index (χ1) is 15.5. The molecule has 5 nitrogen and oxygen atoms in total. The number of hydrogen-bond donors (Lipinski definition) is 1. The Hall–Kier alpha value is -4.08. The zero-order chi connectivity index (χ0) is 22.1. The average molecular weight is 439 g/mol. The highest BCUT2D eigenvalue weighted by atomic mass is 32.2. The molecule has 32 heavy (non-hydrogen) atoms. The summed E-state index contributed by atoms with van der Waals surface area (Å²) < 4.78 is 27.3. The minimum absolute atomic E-state index is 0.233. The van der Waals surface area contributed by atoms with Gasteiger partial charge in [0.05, 0.1) is 10.6 Å². The Morgan fingerprint density at radius 1 is 0.812 bits per heavy atom. The van der Waals surface area contributed by atoms with Crippen molar-refractivity contribution in [3.05, 3.63) is 102 Å². The third-order valence-corrected chi connectivity index (χ3v) is 7.04. The van der Waals surface area contributed by atoms with Gasteiger partial charge in [0.25, 0.3) is 10.0 Å². The van der Waals surface area contributed by atoms with E-state index >= 15 is 0 Å². The first kappa shape index (κ1) is 19.9. The fourth-order valence-corrected chi connectivity index (χ4v) is 5.47. The van der Waals surface area contributed by atoms with Gasteiger partial charge in [-0.25, -0.2) is 8.42 Å². The Morgan fingerprint density at radius 2 is 1.50 bits per heavy atom. The molecular weight excluding hydrogens is 420 g/mol. The second kappa shape index (κ2) is 7.88. The Kier molecular flexibility index (Phi) is 4.89. The SMILES string of the molecule is O=C(CN1c2cccc3cccc(c23)S1(=O)=O)Nc1cccc(C#Cc2ccccc2)c1. The van der Waals surface area contributed by atoms with Crippen molar-refractivity contribution < 1.29 is 13.2 Å². The molecular formula is C26H18N2O3S. The smallest absolute Gasteiger partial charge is 0.265 e. The molecule has 0 aliphatic carbocycles. The maximum Gasteiger partial charge on any atom is 0.265 e. The van der Waals surface area contributed by atoms with Gasteiger partial charge in [-0.05, 0) is 47.9 Å². The topological polar surface area (TPSA) is 66.5 Å². The molecule has 0 spiro atoms. The molecule has 5 rings (SSSR count). The molecule has 0 atom stereocenters. The minimum Gasteiger partial charge on any atom is -0.324 e. The van der Waals surface area contributed by atoms with Crippen molar-refractivity contribution in [3.63, 3.8) is 0 Å². The number of nitrogens with zero attached hydrogens (tertiary/aromatic N) is 1. The third-order valence-electron chi connectivity index (χ3n) is 5.24. The Labute approximate surface area is 186 Å². The zero-order valence-corrected chi connectivity index (χ0v) is 17.8. The van der Waals surface area contributed by atoms with Gasteiger partial charge in [0.2, 0.25) is 5.91 Å². The average Bonchev–Trinajstić information content (AvgIpc) is 3.02. The number of hydrogen-bond acceptors (Lipinski definition) is 3. The summed E-state index contributed by atoms with van der Waals surface area (Å²) in [6.45, 7) is -0.309. The van der Waals surface area contributed by atoms with Gasteiger partial charge in [-0.15, -0.1) is 0 Å². The molecule has 0 unspecified atom stereocenters. The third kappa shape index (κ3) is 3.59. The van der Waals surface area contributed by atoms with Crippen LogP contribution in [-0.2, 0) is 14.8 Å². The summed E-state index contributed by atoms with van der Waals surface area (Å²) in [5.74, 6) is 5.74. The number of sulfonamides is 1. The highest BCUT2D eigenvalue weighted by Crippen LogP contribution is 2.41. The first-order valence-corrected chi connectivity index (χ1v) is 11.5. The molecule has 1 aliphatic rings. The summed E-state index contributed by atoms with van der Waals surface area (Å²) in [6.07, 6.45) is 0. The van der Waals surface area contributed by atoms with E-state index < -0.39 is 15.9 Å². The van der Waals surface area contributed by atoms with Crippen LogP contribution in [0.15, 0.2) is 95.9 Å². The highest BCUT2D eigenvalue weighted by molar-refractivity contribution is 7.93. The second-order valence-electron chi connectivity index (χ2n) is 7.39. The molecule has 156 valence electrons. The van der Waals surface area contributed by atoms with E-state index in [0.717, 1.165) is 16.5 Å². The fourth-order valence-electron chi connectivity index (χ4n) is 3.80. The Bertz CT molecular complexity index is 1510. The molecule has 0 bridgehead atoms. The molecule has 0 aromatic heterocycles. The van der Waals surface area contributed by atoms with Gasteiger partial charge >= 0.3 is 0 Å². The van der Waals surface area contributed by atoms with Gasteiger partial charge in [0.1, 0.15) is 6.54 Å². The highest BCUT2D eigenvalue weighted by Gasteiger charge is 2.36. The van der Waals surface area contributed by atoms with Crippen LogP contribution in [-0.4, -0.2) is 20.9 Å². The van der Waals surface area contributed by atoms with Crippen molar-refractivity contribution in [2.75, 3.05) is 16.2 Å². The predicted molar refractivity (Wildman–Crippen MR) is 126 cm³/mol. The van der Waals surface area contributed by atoms with Gasteiger partial charge in [-0.1, -0.05) is 60.4 Å². The van der Waals surface area contributed by atoms with E-state index in [1.54, 1.807) is 42.5 Å². The minimum atomic E-state index is -3.78. The van der Waals surface area contributed by atoms with Crippen molar-refractivity contribution in [1.29, 1.82) is 0 Å². The summed E-state index contributed by atoms with van der Waals surface area (Å²) in [5, 5.41) is 4.27. The maximum atomic E-state index is 13.1. The first-order valence-electron chi connectivity index (χ1n) is 10.0. The van der Waals surface area contributed by atoms with Crippen LogP contribution in [0.3, 0.4) is 0 Å². The molecule has 1 aliphatic heterocycles. The molecule has 4 aromatic carbocycles. The van der Waals surface area contributed by atoms with Crippen LogP contribution in [0.4, 0.5) is 11.4 Å². The standard InChI is InChI=1S/C26H18N2O3S/c29-25(27-22-12-4-9-20(17-22)16-15-19-7-2-1-3-8-19)18-28-23-13-5-10-21-11-6-14-24(26(21)23)32(28,30)31/h1-14,17H,18H2,(H,27,29). The lowest BCUT2D eigenvalue weighted by atomic mass is 10.1. The number of nitrogens with one attached hydrogen (secondary N) is 1. The van der Waals surface area contributed by atoms with Crippen LogP contribution in [0.1, 0.15) is 11.1 Å². The molecule has 4 aromatic rings. The molecule has 6 heteroatoms. The monoisotopic (exact) mass is 438 g/mol. The fraction of sp³-hybridized carbons (Fsp3) is 0.0385. The van der Waals surface area contributed by atoms with Gasteiger partial charge < -0.3 is 5.32 Å². The molecule has 0 fully saturated rings. The molecule has 0 saturated heterocycles. The van der Waals surface area contributed by atoms with Crippen LogP contribution in [0.25, 0.3) is 10.8 Å². The Morgan fingerprint density at radius 3 is 2.31 bits per heavy atom. The van der Waals surface area contributed by atoms with Crippen LogP contribution >= 0.6 is 0 Å². The van der Waals surface area contributed by atoms with Crippen molar-refractivity contribution in [3.8, 4) is 11.8 Å². The number of carbonyl (C=O) groups excluding carboxylic acids is 1. The number of rotatable bonds is 3. The van der Waals surface area contributed by atoms with Crippen molar-refractivity contribution in [1.82, 2.24) is 0 Å². The van der Waals surface area contributed by atoms with Crippen LogP contribution in [0, 0.1) is 11.8 Å². The van der Waals surface area contributed by atoms with Crippen molar-refractivity contribution in [2.45, 2.75) is 4.90 Å². The van der Waals surface area contributed by atoms with Crippen LogP contribution in [0.5, 0.6) is 0 Å². The summed E-state index contributed by atoms with van der Waals surface area (Å²) >= 11 is 0. The summed E-state index contributed by atoms with van der Waals surface area (Å²) in [5.41, 5.74) is 2.73. The van der Waals surface area contributed by atoms with Crippen molar-refractivity contribution in [2.24, 2.45) is 0 Å². The zero-order valence-electron chi connectivity index (χ0n) is 16.9. The van der Waals surface area contributed by atoms with E-state index in [1.165, 1.54) is 4.31 Å². The van der Waals surface area contributed by atoms with E-state index in [4.69, 9.17) is 0 Å². The molecule has 1 amide bonds. The Balaban J connectivity index is 1.36. The predicted octanol–water partition coefficient (Wildman–Crippen LogP) is 4.39.